The van der Waals surface area contributed by atoms with Gasteiger partial charge in [0.15, 0.2) is 5.16 Å². The molecule has 130 valence electrons. The van der Waals surface area contributed by atoms with Gasteiger partial charge in [-0.2, -0.15) is 0 Å². The molecule has 2 aromatic rings. The molecular weight excluding hydrogens is 344 g/mol. The van der Waals surface area contributed by atoms with Crippen molar-refractivity contribution in [1.29, 1.82) is 0 Å². The highest BCUT2D eigenvalue weighted by molar-refractivity contribution is 8.00. The summed E-state index contributed by atoms with van der Waals surface area (Å²) in [5.41, 5.74) is 1.07. The lowest BCUT2D eigenvalue weighted by Crippen LogP contribution is -2.21. The van der Waals surface area contributed by atoms with E-state index in [2.05, 4.69) is 16.9 Å². The summed E-state index contributed by atoms with van der Waals surface area (Å²) in [5.74, 6) is 0.362. The van der Waals surface area contributed by atoms with Crippen LogP contribution in [0.2, 0.25) is 0 Å². The molecular formula is C17H22N2O3S2. The number of thiophene rings is 1. The van der Waals surface area contributed by atoms with Crippen LogP contribution in [0.15, 0.2) is 9.95 Å². The van der Waals surface area contributed by atoms with Gasteiger partial charge < -0.3 is 9.72 Å². The number of thioether (sulfide) groups is 1. The number of H-pyrrole nitrogens is 1. The van der Waals surface area contributed by atoms with Gasteiger partial charge in [-0.05, 0) is 51.5 Å². The number of aromatic amines is 1. The van der Waals surface area contributed by atoms with E-state index in [4.69, 9.17) is 4.74 Å². The second-order valence-corrected chi connectivity index (χ2v) is 9.06. The van der Waals surface area contributed by atoms with Crippen LogP contribution >= 0.6 is 23.1 Å². The maximum absolute atomic E-state index is 12.5. The lowest BCUT2D eigenvalue weighted by atomic mass is 9.89. The number of fused-ring (bicyclic) bond motifs is 3. The molecule has 1 aliphatic rings. The van der Waals surface area contributed by atoms with Crippen LogP contribution in [0.3, 0.4) is 0 Å². The first-order chi connectivity index (χ1) is 11.3. The highest BCUT2D eigenvalue weighted by atomic mass is 32.2. The van der Waals surface area contributed by atoms with Crippen LogP contribution in [0.5, 0.6) is 0 Å². The average Bonchev–Trinajstić information content (AvgIpc) is 2.83. The molecule has 0 fully saturated rings. The molecule has 0 spiro atoms. The Kier molecular flexibility index (Phi) is 5.01. The van der Waals surface area contributed by atoms with Crippen molar-refractivity contribution >= 4 is 39.3 Å². The minimum Gasteiger partial charge on any atom is -0.462 e. The largest absolute Gasteiger partial charge is 0.462 e. The molecule has 0 aromatic carbocycles. The Hall–Kier alpha value is -1.34. The smallest absolute Gasteiger partial charge is 0.319 e. The summed E-state index contributed by atoms with van der Waals surface area (Å²) >= 11 is 2.85. The number of hydrogen-bond donors (Lipinski definition) is 1. The lowest BCUT2D eigenvalue weighted by molar-refractivity contribution is -0.146. The van der Waals surface area contributed by atoms with E-state index in [9.17, 15) is 9.59 Å². The number of nitrogens with zero attached hydrogens (tertiary/aromatic N) is 1. The summed E-state index contributed by atoms with van der Waals surface area (Å²) in [6.07, 6.45) is 2.94. The van der Waals surface area contributed by atoms with Crippen LogP contribution < -0.4 is 5.56 Å². The van der Waals surface area contributed by atoms with E-state index >= 15 is 0 Å². The Morgan fingerprint density at radius 3 is 2.88 bits per heavy atom. The van der Waals surface area contributed by atoms with Crippen LogP contribution in [0.4, 0.5) is 0 Å². The Balaban J connectivity index is 1.89. The van der Waals surface area contributed by atoms with E-state index in [0.29, 0.717) is 11.1 Å². The Morgan fingerprint density at radius 2 is 2.17 bits per heavy atom. The highest BCUT2D eigenvalue weighted by Crippen LogP contribution is 2.36. The van der Waals surface area contributed by atoms with E-state index in [0.717, 1.165) is 29.5 Å². The SMILES string of the molecule is CC(C)OC(=O)[C@H](C)Sc1nc2sc3c(c2c(=O)[nH]1)CC[C@@H](C)C3. The zero-order valence-electron chi connectivity index (χ0n) is 14.3. The Morgan fingerprint density at radius 1 is 1.42 bits per heavy atom. The average molecular weight is 367 g/mol. The van der Waals surface area contributed by atoms with Crippen LogP contribution in [0, 0.1) is 5.92 Å². The fourth-order valence-electron chi connectivity index (χ4n) is 2.93. The van der Waals surface area contributed by atoms with Crippen molar-refractivity contribution in [2.45, 2.75) is 63.5 Å². The van der Waals surface area contributed by atoms with E-state index in [1.807, 2.05) is 13.8 Å². The molecule has 2 aromatic heterocycles. The van der Waals surface area contributed by atoms with Crippen molar-refractivity contribution in [3.8, 4) is 0 Å². The predicted molar refractivity (Wildman–Crippen MR) is 98.0 cm³/mol. The number of carbonyl (C=O) groups excluding carboxylic acids is 1. The van der Waals surface area contributed by atoms with Crippen LogP contribution in [0.1, 0.15) is 44.6 Å². The van der Waals surface area contributed by atoms with Gasteiger partial charge in [0, 0.05) is 4.88 Å². The summed E-state index contributed by atoms with van der Waals surface area (Å²) in [4.78, 5) is 34.0. The Labute approximate surface area is 149 Å². The molecule has 3 rings (SSSR count). The molecule has 24 heavy (non-hydrogen) atoms. The molecule has 0 radical (unpaired) electrons. The molecule has 5 nitrogen and oxygen atoms in total. The minimum atomic E-state index is -0.414. The van der Waals surface area contributed by atoms with Gasteiger partial charge in [-0.25, -0.2) is 4.98 Å². The number of esters is 1. The Bertz CT molecular complexity index is 825. The molecule has 1 N–H and O–H groups in total. The zero-order valence-corrected chi connectivity index (χ0v) is 16.0. The van der Waals surface area contributed by atoms with Gasteiger partial charge in [0.1, 0.15) is 10.1 Å². The van der Waals surface area contributed by atoms with Gasteiger partial charge in [-0.15, -0.1) is 11.3 Å². The number of aryl methyl sites for hydroxylation is 1. The fraction of sp³-hybridized carbons (Fsp3) is 0.588. The number of ether oxygens (including phenoxy) is 1. The fourth-order valence-corrected chi connectivity index (χ4v) is 5.15. The molecule has 2 heterocycles. The number of carbonyl (C=O) groups is 1. The molecule has 0 amide bonds. The maximum atomic E-state index is 12.5. The number of aromatic nitrogens is 2. The maximum Gasteiger partial charge on any atom is 0.319 e. The second-order valence-electron chi connectivity index (χ2n) is 6.65. The molecule has 0 saturated heterocycles. The van der Waals surface area contributed by atoms with Crippen molar-refractivity contribution < 1.29 is 9.53 Å². The van der Waals surface area contributed by atoms with E-state index in [1.54, 1.807) is 18.3 Å². The third-order valence-electron chi connectivity index (χ3n) is 4.12. The monoisotopic (exact) mass is 366 g/mol. The third kappa shape index (κ3) is 3.52. The lowest BCUT2D eigenvalue weighted by Gasteiger charge is -2.17. The molecule has 0 unspecified atom stereocenters. The summed E-state index contributed by atoms with van der Waals surface area (Å²) in [7, 11) is 0. The third-order valence-corrected chi connectivity index (χ3v) is 6.23. The first-order valence-electron chi connectivity index (χ1n) is 8.27. The van der Waals surface area contributed by atoms with Crippen molar-refractivity contribution in [2.24, 2.45) is 5.92 Å². The quantitative estimate of drug-likeness (QED) is 0.509. The normalized spacial score (nSPS) is 18.6. The van der Waals surface area contributed by atoms with Gasteiger partial charge in [0.25, 0.3) is 5.56 Å². The van der Waals surface area contributed by atoms with Crippen molar-refractivity contribution in [2.75, 3.05) is 0 Å². The van der Waals surface area contributed by atoms with Crippen LogP contribution in [0.25, 0.3) is 10.2 Å². The molecule has 1 aliphatic carbocycles. The van der Waals surface area contributed by atoms with Gasteiger partial charge in [-0.1, -0.05) is 18.7 Å². The van der Waals surface area contributed by atoms with E-state index in [-0.39, 0.29) is 17.6 Å². The van der Waals surface area contributed by atoms with E-state index in [1.165, 1.54) is 22.2 Å². The van der Waals surface area contributed by atoms with E-state index < -0.39 is 5.25 Å². The second kappa shape index (κ2) is 6.88. The molecule has 7 heteroatoms. The topological polar surface area (TPSA) is 72.0 Å². The van der Waals surface area contributed by atoms with Crippen molar-refractivity contribution in [3.05, 3.63) is 20.8 Å². The van der Waals surface area contributed by atoms with Gasteiger partial charge in [0.05, 0.1) is 11.5 Å². The first kappa shape index (κ1) is 17.5. The predicted octanol–water partition coefficient (Wildman–Crippen LogP) is 3.54. The van der Waals surface area contributed by atoms with Gasteiger partial charge in [-0.3, -0.25) is 9.59 Å². The van der Waals surface area contributed by atoms with Crippen molar-refractivity contribution in [1.82, 2.24) is 9.97 Å². The summed E-state index contributed by atoms with van der Waals surface area (Å²) in [5, 5.41) is 0.804. The number of nitrogens with one attached hydrogen (secondary N) is 1. The first-order valence-corrected chi connectivity index (χ1v) is 9.96. The van der Waals surface area contributed by atoms with Crippen LogP contribution in [-0.4, -0.2) is 27.3 Å². The molecule has 0 saturated carbocycles. The summed E-state index contributed by atoms with van der Waals surface area (Å²) < 4.78 is 5.20. The summed E-state index contributed by atoms with van der Waals surface area (Å²) in [6.45, 7) is 7.65. The van der Waals surface area contributed by atoms with Crippen LogP contribution in [-0.2, 0) is 22.4 Å². The van der Waals surface area contributed by atoms with Gasteiger partial charge >= 0.3 is 5.97 Å². The molecule has 2 atom stereocenters. The van der Waals surface area contributed by atoms with Crippen molar-refractivity contribution in [3.63, 3.8) is 0 Å². The number of rotatable bonds is 4. The van der Waals surface area contributed by atoms with Gasteiger partial charge in [0.2, 0.25) is 0 Å². The minimum absolute atomic E-state index is 0.0982. The molecule has 0 bridgehead atoms. The highest BCUT2D eigenvalue weighted by Gasteiger charge is 2.24. The number of hydrogen-bond acceptors (Lipinski definition) is 6. The summed E-state index contributed by atoms with van der Waals surface area (Å²) in [6, 6.07) is 0. The standard InChI is InChI=1S/C17H22N2O3S2/c1-8(2)22-16(21)10(4)23-17-18-14(20)13-11-6-5-9(3)7-12(11)24-15(13)19-17/h8-10H,5-7H2,1-4H3,(H,18,19,20)/t9-,10+/m1/s1. The zero-order chi connectivity index (χ0) is 17.4. The molecule has 0 aliphatic heterocycles.